The second-order valence-electron chi connectivity index (χ2n) is 7.09. The Morgan fingerprint density at radius 1 is 1.04 bits per heavy atom. The summed E-state index contributed by atoms with van der Waals surface area (Å²) in [7, 11) is 1.42. The maximum absolute atomic E-state index is 13.8. The van der Waals surface area contributed by atoms with Crippen molar-refractivity contribution in [1.29, 1.82) is 0 Å². The van der Waals surface area contributed by atoms with Crippen molar-refractivity contribution in [2.75, 3.05) is 7.11 Å². The van der Waals surface area contributed by atoms with Crippen molar-refractivity contribution in [3.05, 3.63) is 59.2 Å². The maximum Gasteiger partial charge on any atom is 0.305 e. The molecule has 0 radical (unpaired) electrons. The highest BCUT2D eigenvalue weighted by Gasteiger charge is 2.24. The van der Waals surface area contributed by atoms with Crippen LogP contribution < -0.4 is 0 Å². The summed E-state index contributed by atoms with van der Waals surface area (Å²) < 4.78 is 32.4. The van der Waals surface area contributed by atoms with Gasteiger partial charge in [0.1, 0.15) is 11.6 Å². The first kappa shape index (κ1) is 19.2. The van der Waals surface area contributed by atoms with Crippen molar-refractivity contribution < 1.29 is 23.1 Å². The highest BCUT2D eigenvalue weighted by molar-refractivity contribution is 5.78. The molecular formula is C22H22F2O3. The minimum absolute atomic E-state index is 0.150. The quantitative estimate of drug-likeness (QED) is 0.530. The Balaban J connectivity index is 1.68. The van der Waals surface area contributed by atoms with Crippen molar-refractivity contribution >= 4 is 12.3 Å². The summed E-state index contributed by atoms with van der Waals surface area (Å²) in [5.41, 5.74) is 1.76. The number of rotatable bonds is 5. The van der Waals surface area contributed by atoms with Crippen LogP contribution in [0.2, 0.25) is 0 Å². The molecule has 1 aliphatic rings. The third-order valence-corrected chi connectivity index (χ3v) is 5.44. The second-order valence-corrected chi connectivity index (χ2v) is 7.09. The van der Waals surface area contributed by atoms with E-state index >= 15 is 0 Å². The third kappa shape index (κ3) is 4.41. The Morgan fingerprint density at radius 2 is 1.63 bits per heavy atom. The van der Waals surface area contributed by atoms with Crippen molar-refractivity contribution in [3.8, 4) is 11.1 Å². The van der Waals surface area contributed by atoms with Crippen LogP contribution in [0.5, 0.6) is 0 Å². The first-order chi connectivity index (χ1) is 13.0. The fraction of sp³-hybridized carbons (Fsp3) is 0.364. The summed E-state index contributed by atoms with van der Waals surface area (Å²) in [5, 5.41) is 0. The predicted molar refractivity (Wildman–Crippen MR) is 98.5 cm³/mol. The molecule has 0 N–H and O–H groups in total. The van der Waals surface area contributed by atoms with E-state index in [-0.39, 0.29) is 12.3 Å². The highest BCUT2D eigenvalue weighted by Crippen LogP contribution is 2.37. The Bertz CT molecular complexity index is 799. The molecule has 0 amide bonds. The molecule has 0 spiro atoms. The van der Waals surface area contributed by atoms with E-state index in [0.29, 0.717) is 29.4 Å². The SMILES string of the molecule is COC(=O)CC1CCC(c2ccc(-c3cc(F)c(C=O)c(F)c3)cc2)CC1. The fourth-order valence-corrected chi connectivity index (χ4v) is 3.83. The Labute approximate surface area is 157 Å². The Morgan fingerprint density at radius 3 is 2.15 bits per heavy atom. The molecule has 2 aromatic rings. The molecule has 0 atom stereocenters. The summed E-state index contributed by atoms with van der Waals surface area (Å²) in [5.74, 6) is -1.04. The molecule has 3 nitrogen and oxygen atoms in total. The number of esters is 1. The van der Waals surface area contributed by atoms with Gasteiger partial charge in [-0.3, -0.25) is 9.59 Å². The molecule has 2 aromatic carbocycles. The van der Waals surface area contributed by atoms with Crippen LogP contribution in [0.25, 0.3) is 11.1 Å². The summed E-state index contributed by atoms with van der Waals surface area (Å²) in [4.78, 5) is 22.1. The van der Waals surface area contributed by atoms with Gasteiger partial charge in [-0.15, -0.1) is 0 Å². The van der Waals surface area contributed by atoms with E-state index in [1.54, 1.807) is 0 Å². The summed E-state index contributed by atoms with van der Waals surface area (Å²) in [6.07, 6.45) is 4.68. The van der Waals surface area contributed by atoms with E-state index in [1.807, 2.05) is 24.3 Å². The molecular weight excluding hydrogens is 350 g/mol. The largest absolute Gasteiger partial charge is 0.469 e. The molecule has 0 unspecified atom stereocenters. The monoisotopic (exact) mass is 372 g/mol. The molecule has 142 valence electrons. The molecule has 1 aliphatic carbocycles. The third-order valence-electron chi connectivity index (χ3n) is 5.44. The molecule has 0 saturated heterocycles. The lowest BCUT2D eigenvalue weighted by Crippen LogP contribution is -2.17. The molecule has 1 fully saturated rings. The van der Waals surface area contributed by atoms with Gasteiger partial charge in [-0.2, -0.15) is 0 Å². The zero-order valence-corrected chi connectivity index (χ0v) is 15.2. The van der Waals surface area contributed by atoms with Crippen LogP contribution in [0, 0.1) is 17.6 Å². The normalized spacial score (nSPS) is 19.5. The second kappa shape index (κ2) is 8.42. The van der Waals surface area contributed by atoms with Crippen LogP contribution in [0.1, 0.15) is 53.9 Å². The summed E-state index contributed by atoms with van der Waals surface area (Å²) in [6, 6.07) is 10.0. The van der Waals surface area contributed by atoms with E-state index in [4.69, 9.17) is 4.74 Å². The van der Waals surface area contributed by atoms with Gasteiger partial charge in [0, 0.05) is 6.42 Å². The number of hydrogen-bond donors (Lipinski definition) is 0. The van der Waals surface area contributed by atoms with Crippen LogP contribution >= 0.6 is 0 Å². The van der Waals surface area contributed by atoms with E-state index in [0.717, 1.165) is 25.7 Å². The minimum atomic E-state index is -0.854. The van der Waals surface area contributed by atoms with E-state index in [9.17, 15) is 18.4 Å². The topological polar surface area (TPSA) is 43.4 Å². The molecule has 1 saturated carbocycles. The number of ether oxygens (including phenoxy) is 1. The molecule has 3 rings (SSSR count). The predicted octanol–water partition coefficient (Wildman–Crippen LogP) is 5.28. The zero-order chi connectivity index (χ0) is 19.4. The molecule has 0 aromatic heterocycles. The van der Waals surface area contributed by atoms with Gasteiger partial charge in [0.15, 0.2) is 6.29 Å². The summed E-state index contributed by atoms with van der Waals surface area (Å²) in [6.45, 7) is 0. The van der Waals surface area contributed by atoms with Gasteiger partial charge in [0.05, 0.1) is 12.7 Å². The number of hydrogen-bond acceptors (Lipinski definition) is 3. The molecule has 5 heteroatoms. The first-order valence-electron chi connectivity index (χ1n) is 9.13. The first-order valence-corrected chi connectivity index (χ1v) is 9.13. The van der Waals surface area contributed by atoms with E-state index in [2.05, 4.69) is 0 Å². The van der Waals surface area contributed by atoms with Gasteiger partial charge in [0.2, 0.25) is 0 Å². The van der Waals surface area contributed by atoms with Crippen LogP contribution in [0.15, 0.2) is 36.4 Å². The van der Waals surface area contributed by atoms with Gasteiger partial charge in [-0.1, -0.05) is 24.3 Å². The van der Waals surface area contributed by atoms with Crippen LogP contribution in [0.3, 0.4) is 0 Å². The average Bonchev–Trinajstić information content (AvgIpc) is 2.68. The Kier molecular flexibility index (Phi) is 5.99. The van der Waals surface area contributed by atoms with E-state index < -0.39 is 17.2 Å². The molecule has 0 aliphatic heterocycles. The summed E-state index contributed by atoms with van der Waals surface area (Å²) >= 11 is 0. The van der Waals surface area contributed by atoms with Gasteiger partial charge >= 0.3 is 5.97 Å². The number of carbonyl (C=O) groups excluding carboxylic acids is 2. The minimum Gasteiger partial charge on any atom is -0.469 e. The van der Waals surface area contributed by atoms with Gasteiger partial charge in [-0.05, 0) is 66.3 Å². The number of halogens is 2. The van der Waals surface area contributed by atoms with Gasteiger partial charge < -0.3 is 4.74 Å². The molecule has 0 bridgehead atoms. The van der Waals surface area contributed by atoms with Crippen molar-refractivity contribution in [2.45, 2.75) is 38.0 Å². The average molecular weight is 372 g/mol. The van der Waals surface area contributed by atoms with Crippen molar-refractivity contribution in [1.82, 2.24) is 0 Å². The lowest BCUT2D eigenvalue weighted by molar-refractivity contribution is -0.142. The van der Waals surface area contributed by atoms with Gasteiger partial charge in [0.25, 0.3) is 0 Å². The van der Waals surface area contributed by atoms with Crippen molar-refractivity contribution in [2.24, 2.45) is 5.92 Å². The molecule has 0 heterocycles. The lowest BCUT2D eigenvalue weighted by atomic mass is 9.77. The number of carbonyl (C=O) groups is 2. The van der Waals surface area contributed by atoms with Crippen molar-refractivity contribution in [3.63, 3.8) is 0 Å². The molecule has 27 heavy (non-hydrogen) atoms. The smallest absolute Gasteiger partial charge is 0.305 e. The van der Waals surface area contributed by atoms with Crippen LogP contribution in [0.4, 0.5) is 8.78 Å². The maximum atomic E-state index is 13.8. The van der Waals surface area contributed by atoms with Gasteiger partial charge in [-0.25, -0.2) is 8.78 Å². The standard InChI is InChI=1S/C22H22F2O3/c1-27-22(26)10-14-2-4-15(5-3-14)16-6-8-17(9-7-16)18-11-20(23)19(13-25)21(24)12-18/h6-9,11-15H,2-5,10H2,1H3. The van der Waals surface area contributed by atoms with Crippen LogP contribution in [-0.4, -0.2) is 19.4 Å². The number of benzene rings is 2. The number of methoxy groups -OCH3 is 1. The Hall–Kier alpha value is -2.56. The number of aldehydes is 1. The van der Waals surface area contributed by atoms with Crippen LogP contribution in [-0.2, 0) is 9.53 Å². The fourth-order valence-electron chi connectivity index (χ4n) is 3.83. The lowest BCUT2D eigenvalue weighted by Gasteiger charge is -2.28. The zero-order valence-electron chi connectivity index (χ0n) is 15.2. The highest BCUT2D eigenvalue weighted by atomic mass is 19.1. The van der Waals surface area contributed by atoms with E-state index in [1.165, 1.54) is 24.8 Å².